The number of Topliss-reactive ketones (excluding diaryl/α,β-unsaturated/α-hetero) is 1. The van der Waals surface area contributed by atoms with E-state index in [4.69, 9.17) is 4.74 Å². The van der Waals surface area contributed by atoms with Crippen LogP contribution in [0, 0.1) is 0 Å². The Morgan fingerprint density at radius 1 is 0.909 bits per heavy atom. The lowest BCUT2D eigenvalue weighted by Gasteiger charge is -2.08. The van der Waals surface area contributed by atoms with E-state index in [9.17, 15) is 14.7 Å². The second-order valence-electron chi connectivity index (χ2n) is 8.68. The monoisotopic (exact) mass is 449 g/mol. The molecule has 3 rings (SSSR count). The molecule has 5 nitrogen and oxygen atoms in total. The summed E-state index contributed by atoms with van der Waals surface area (Å²) < 4.78 is 7.48. The minimum atomic E-state index is -1.10. The molecule has 0 saturated heterocycles. The Morgan fingerprint density at radius 2 is 1.61 bits per heavy atom. The minimum Gasteiger partial charge on any atom is -0.494 e. The molecule has 176 valence electrons. The van der Waals surface area contributed by atoms with Gasteiger partial charge in [-0.25, -0.2) is 4.79 Å². The number of nitrogens with zero attached hydrogens (tertiary/aromatic N) is 1. The Kier molecular flexibility index (Phi) is 9.11. The predicted molar refractivity (Wildman–Crippen MR) is 132 cm³/mol. The molecule has 0 atom stereocenters. The van der Waals surface area contributed by atoms with Gasteiger partial charge in [-0.15, -0.1) is 0 Å². The van der Waals surface area contributed by atoms with Gasteiger partial charge in [0, 0.05) is 24.4 Å². The number of carboxylic acids is 1. The number of benzene rings is 2. The number of rotatable bonds is 14. The molecule has 0 unspecified atom stereocenters. The van der Waals surface area contributed by atoms with Gasteiger partial charge in [-0.3, -0.25) is 4.79 Å². The van der Waals surface area contributed by atoms with Crippen LogP contribution in [0.15, 0.2) is 48.5 Å². The van der Waals surface area contributed by atoms with Gasteiger partial charge in [0.25, 0.3) is 0 Å². The van der Waals surface area contributed by atoms with Gasteiger partial charge in [0.15, 0.2) is 5.78 Å². The summed E-state index contributed by atoms with van der Waals surface area (Å²) in [7, 11) is 1.68. The number of para-hydroxylation sites is 1. The lowest BCUT2D eigenvalue weighted by Crippen LogP contribution is -2.12. The third-order valence-corrected chi connectivity index (χ3v) is 6.12. The highest BCUT2D eigenvalue weighted by atomic mass is 16.5. The summed E-state index contributed by atoms with van der Waals surface area (Å²) >= 11 is 0. The van der Waals surface area contributed by atoms with Crippen molar-refractivity contribution in [1.29, 1.82) is 0 Å². The average molecular weight is 450 g/mol. The van der Waals surface area contributed by atoms with E-state index in [1.54, 1.807) is 17.7 Å². The number of carboxylic acid groups (broad SMARTS) is 1. The summed E-state index contributed by atoms with van der Waals surface area (Å²) in [6.45, 7) is 2.90. The number of aromatic carboxylic acids is 1. The number of aromatic nitrogens is 1. The Labute approximate surface area is 196 Å². The van der Waals surface area contributed by atoms with Crippen LogP contribution in [0.1, 0.15) is 84.7 Å². The molecule has 5 heteroatoms. The summed E-state index contributed by atoms with van der Waals surface area (Å²) in [5.41, 5.74) is 1.85. The largest absolute Gasteiger partial charge is 0.494 e. The number of carbonyl (C=O) groups excluding carboxylic acids is 1. The number of hydrogen-bond donors (Lipinski definition) is 1. The maximum absolute atomic E-state index is 13.2. The summed E-state index contributed by atoms with van der Waals surface area (Å²) in [5.74, 6) is -0.552. The van der Waals surface area contributed by atoms with Crippen molar-refractivity contribution >= 4 is 22.7 Å². The van der Waals surface area contributed by atoms with E-state index in [0.717, 1.165) is 23.3 Å². The summed E-state index contributed by atoms with van der Waals surface area (Å²) in [5, 5.41) is 10.4. The topological polar surface area (TPSA) is 68.5 Å². The molecule has 1 aromatic heterocycles. The van der Waals surface area contributed by atoms with Gasteiger partial charge in [0.1, 0.15) is 11.4 Å². The summed E-state index contributed by atoms with van der Waals surface area (Å²) in [6, 6.07) is 14.9. The number of unbranched alkanes of at least 4 members (excludes halogenated alkanes) is 7. The van der Waals surface area contributed by atoms with Crippen molar-refractivity contribution in [2.75, 3.05) is 6.61 Å². The van der Waals surface area contributed by atoms with Crippen molar-refractivity contribution in [2.45, 2.75) is 64.7 Å². The highest BCUT2D eigenvalue weighted by molar-refractivity contribution is 6.15. The van der Waals surface area contributed by atoms with Crippen molar-refractivity contribution in [3.63, 3.8) is 0 Å². The molecule has 0 spiro atoms. The normalized spacial score (nSPS) is 11.1. The van der Waals surface area contributed by atoms with Crippen molar-refractivity contribution < 1.29 is 19.4 Å². The molecule has 1 N–H and O–H groups in total. The molecule has 1 heterocycles. The number of ether oxygens (including phenoxy) is 1. The van der Waals surface area contributed by atoms with E-state index in [-0.39, 0.29) is 23.5 Å². The van der Waals surface area contributed by atoms with Crippen molar-refractivity contribution in [3.8, 4) is 5.75 Å². The van der Waals surface area contributed by atoms with Crippen LogP contribution >= 0.6 is 0 Å². The molecule has 0 bridgehead atoms. The van der Waals surface area contributed by atoms with Gasteiger partial charge >= 0.3 is 5.97 Å². The molecule has 3 aromatic rings. The molecule has 0 amide bonds. The molecule has 33 heavy (non-hydrogen) atoms. The van der Waals surface area contributed by atoms with Crippen LogP contribution in [0.2, 0.25) is 0 Å². The second-order valence-corrected chi connectivity index (χ2v) is 8.68. The number of ketones is 1. The standard InChI is InChI=1S/C28H35NO4/c1-3-4-5-6-7-8-9-12-18-33-22-15-13-14-21(19-22)20-25(30)26-23-16-10-11-17-24(23)29(2)27(26)28(31)32/h10-11,13-17,19H,3-9,12,18,20H2,1-2H3,(H,31,32). The molecule has 2 aromatic carbocycles. The quantitative estimate of drug-likeness (QED) is 0.216. The molecule has 0 aliphatic heterocycles. The van der Waals surface area contributed by atoms with Crippen LogP contribution in [0.25, 0.3) is 10.9 Å². The van der Waals surface area contributed by atoms with E-state index in [0.29, 0.717) is 12.0 Å². The molecule has 0 fully saturated rings. The first-order valence-corrected chi connectivity index (χ1v) is 12.1. The third kappa shape index (κ3) is 6.47. The van der Waals surface area contributed by atoms with Crippen molar-refractivity contribution in [1.82, 2.24) is 4.57 Å². The van der Waals surface area contributed by atoms with Gasteiger partial charge in [0.05, 0.1) is 12.2 Å². The fraction of sp³-hybridized carbons (Fsp3) is 0.429. The van der Waals surface area contributed by atoms with Crippen molar-refractivity contribution in [2.24, 2.45) is 7.05 Å². The fourth-order valence-corrected chi connectivity index (χ4v) is 4.37. The average Bonchev–Trinajstić information content (AvgIpc) is 3.11. The first-order chi connectivity index (χ1) is 16.0. The predicted octanol–water partition coefficient (Wildman–Crippen LogP) is 6.82. The second kappa shape index (κ2) is 12.2. The summed E-state index contributed by atoms with van der Waals surface area (Å²) in [4.78, 5) is 25.1. The lowest BCUT2D eigenvalue weighted by molar-refractivity contribution is 0.0682. The first kappa shape index (κ1) is 24.6. The van der Waals surface area contributed by atoms with Crippen LogP contribution in [-0.2, 0) is 13.5 Å². The van der Waals surface area contributed by atoms with E-state index in [2.05, 4.69) is 6.92 Å². The molecular weight excluding hydrogens is 414 g/mol. The SMILES string of the molecule is CCCCCCCCCCOc1cccc(CC(=O)c2c(C(=O)O)n(C)c3ccccc23)c1. The van der Waals surface area contributed by atoms with E-state index >= 15 is 0 Å². The zero-order valence-electron chi connectivity index (χ0n) is 19.8. The minimum absolute atomic E-state index is 0.0308. The number of fused-ring (bicyclic) bond motifs is 1. The molecular formula is C28H35NO4. The summed E-state index contributed by atoms with van der Waals surface area (Å²) in [6.07, 6.45) is 10.1. The maximum Gasteiger partial charge on any atom is 0.353 e. The van der Waals surface area contributed by atoms with E-state index < -0.39 is 5.97 Å². The van der Waals surface area contributed by atoms with E-state index in [1.165, 1.54) is 44.9 Å². The number of hydrogen-bond acceptors (Lipinski definition) is 3. The zero-order chi connectivity index (χ0) is 23.6. The Bertz CT molecular complexity index is 1080. The van der Waals surface area contributed by atoms with Gasteiger partial charge in [-0.1, -0.05) is 82.2 Å². The highest BCUT2D eigenvalue weighted by Gasteiger charge is 2.25. The smallest absolute Gasteiger partial charge is 0.353 e. The highest BCUT2D eigenvalue weighted by Crippen LogP contribution is 2.27. The number of aryl methyl sites for hydroxylation is 1. The van der Waals surface area contributed by atoms with Crippen LogP contribution in [0.3, 0.4) is 0 Å². The van der Waals surface area contributed by atoms with Crippen LogP contribution < -0.4 is 4.74 Å². The molecule has 0 saturated carbocycles. The van der Waals surface area contributed by atoms with Gasteiger partial charge in [-0.2, -0.15) is 0 Å². The zero-order valence-corrected chi connectivity index (χ0v) is 19.8. The fourth-order valence-electron chi connectivity index (χ4n) is 4.37. The first-order valence-electron chi connectivity index (χ1n) is 12.1. The maximum atomic E-state index is 13.2. The Balaban J connectivity index is 1.58. The molecule has 0 aliphatic carbocycles. The van der Waals surface area contributed by atoms with Crippen molar-refractivity contribution in [3.05, 3.63) is 65.4 Å². The lowest BCUT2D eigenvalue weighted by atomic mass is 10.00. The van der Waals surface area contributed by atoms with Gasteiger partial charge in [-0.05, 0) is 30.2 Å². The van der Waals surface area contributed by atoms with Gasteiger partial charge in [0.2, 0.25) is 0 Å². The van der Waals surface area contributed by atoms with E-state index in [1.807, 2.05) is 42.5 Å². The molecule has 0 radical (unpaired) electrons. The van der Waals surface area contributed by atoms with Crippen LogP contribution in [0.4, 0.5) is 0 Å². The number of carbonyl (C=O) groups is 2. The van der Waals surface area contributed by atoms with Crippen LogP contribution in [-0.4, -0.2) is 28.0 Å². The molecule has 0 aliphatic rings. The van der Waals surface area contributed by atoms with Crippen LogP contribution in [0.5, 0.6) is 5.75 Å². The van der Waals surface area contributed by atoms with Gasteiger partial charge < -0.3 is 14.4 Å². The Morgan fingerprint density at radius 3 is 2.33 bits per heavy atom. The third-order valence-electron chi connectivity index (χ3n) is 6.12. The Hall–Kier alpha value is -3.08.